The normalized spacial score (nSPS) is 11.4. The number of esters is 1. The second-order valence-electron chi connectivity index (χ2n) is 6.94. The average Bonchev–Trinajstić information content (AvgIpc) is 2.52. The molecular formula is C18H23N3O4. The number of carbonyl (C=O) groups is 2. The SMILES string of the molecule is Cc1ccc2nc(COC(=O)CCNC(=O)C(C)(C)C)cc(=O)n2c1. The standard InChI is InChI=1S/C18H23N3O4/c1-12-5-6-14-20-13(9-15(22)21(14)10-12)11-25-16(23)7-8-19-17(24)18(2,3)4/h5-6,9-10H,7-8,11H2,1-4H3,(H,19,24). The highest BCUT2D eigenvalue weighted by Gasteiger charge is 2.20. The molecular weight excluding hydrogens is 322 g/mol. The summed E-state index contributed by atoms with van der Waals surface area (Å²) in [5.74, 6) is -0.583. The van der Waals surface area contributed by atoms with Crippen molar-refractivity contribution in [3.05, 3.63) is 46.0 Å². The predicted molar refractivity (Wildman–Crippen MR) is 93.1 cm³/mol. The maximum atomic E-state index is 12.1. The fourth-order valence-corrected chi connectivity index (χ4v) is 2.10. The van der Waals surface area contributed by atoms with Crippen LogP contribution in [0.4, 0.5) is 0 Å². The van der Waals surface area contributed by atoms with Crippen molar-refractivity contribution < 1.29 is 14.3 Å². The summed E-state index contributed by atoms with van der Waals surface area (Å²) < 4.78 is 6.57. The van der Waals surface area contributed by atoms with Crippen LogP contribution in [0.3, 0.4) is 0 Å². The number of amides is 1. The number of ether oxygens (including phenoxy) is 1. The van der Waals surface area contributed by atoms with Crippen LogP contribution >= 0.6 is 0 Å². The van der Waals surface area contributed by atoms with Crippen molar-refractivity contribution in [2.75, 3.05) is 6.54 Å². The summed E-state index contributed by atoms with van der Waals surface area (Å²) in [6.45, 7) is 7.41. The summed E-state index contributed by atoms with van der Waals surface area (Å²) in [4.78, 5) is 39.8. The molecule has 1 N–H and O–H groups in total. The van der Waals surface area contributed by atoms with E-state index in [1.807, 2.05) is 13.0 Å². The van der Waals surface area contributed by atoms with Gasteiger partial charge in [0.1, 0.15) is 12.3 Å². The van der Waals surface area contributed by atoms with E-state index >= 15 is 0 Å². The fraction of sp³-hybridized carbons (Fsp3) is 0.444. The molecule has 0 radical (unpaired) electrons. The van der Waals surface area contributed by atoms with Gasteiger partial charge in [-0.1, -0.05) is 26.8 Å². The third-order valence-corrected chi connectivity index (χ3v) is 3.54. The van der Waals surface area contributed by atoms with Crippen molar-refractivity contribution in [1.29, 1.82) is 0 Å². The Hall–Kier alpha value is -2.70. The monoisotopic (exact) mass is 345 g/mol. The van der Waals surface area contributed by atoms with Crippen molar-refractivity contribution in [2.24, 2.45) is 5.41 Å². The van der Waals surface area contributed by atoms with Crippen LogP contribution in [0.15, 0.2) is 29.2 Å². The molecule has 0 aromatic carbocycles. The van der Waals surface area contributed by atoms with Gasteiger partial charge in [0.2, 0.25) is 5.91 Å². The van der Waals surface area contributed by atoms with Gasteiger partial charge in [-0.3, -0.25) is 18.8 Å². The molecule has 2 heterocycles. The molecule has 0 spiro atoms. The van der Waals surface area contributed by atoms with Gasteiger partial charge >= 0.3 is 5.97 Å². The number of carbonyl (C=O) groups excluding carboxylic acids is 2. The summed E-state index contributed by atoms with van der Waals surface area (Å²) in [6.07, 6.45) is 1.77. The van der Waals surface area contributed by atoms with Crippen LogP contribution in [-0.2, 0) is 20.9 Å². The molecule has 0 aliphatic rings. The summed E-state index contributed by atoms with van der Waals surface area (Å²) >= 11 is 0. The van der Waals surface area contributed by atoms with E-state index in [1.54, 1.807) is 33.0 Å². The van der Waals surface area contributed by atoms with Crippen LogP contribution in [0.25, 0.3) is 5.65 Å². The second-order valence-corrected chi connectivity index (χ2v) is 6.94. The zero-order valence-electron chi connectivity index (χ0n) is 15.0. The van der Waals surface area contributed by atoms with Crippen molar-refractivity contribution in [3.63, 3.8) is 0 Å². The number of nitrogens with one attached hydrogen (secondary N) is 1. The van der Waals surface area contributed by atoms with E-state index < -0.39 is 11.4 Å². The molecule has 2 rings (SSSR count). The second kappa shape index (κ2) is 7.46. The number of pyridine rings is 1. The van der Waals surface area contributed by atoms with E-state index in [9.17, 15) is 14.4 Å². The third kappa shape index (κ3) is 5.14. The lowest BCUT2D eigenvalue weighted by molar-refractivity contribution is -0.145. The lowest BCUT2D eigenvalue weighted by Crippen LogP contribution is -2.36. The fourth-order valence-electron chi connectivity index (χ4n) is 2.10. The van der Waals surface area contributed by atoms with Crippen molar-refractivity contribution in [3.8, 4) is 0 Å². The molecule has 0 saturated carbocycles. The van der Waals surface area contributed by atoms with E-state index in [-0.39, 0.29) is 31.0 Å². The highest BCUT2D eigenvalue weighted by atomic mass is 16.5. The molecule has 7 nitrogen and oxygen atoms in total. The molecule has 2 aromatic heterocycles. The Balaban J connectivity index is 1.90. The molecule has 2 aromatic rings. The number of hydrogen-bond donors (Lipinski definition) is 1. The Morgan fingerprint density at radius 1 is 1.28 bits per heavy atom. The number of aromatic nitrogens is 2. The Morgan fingerprint density at radius 3 is 2.68 bits per heavy atom. The maximum Gasteiger partial charge on any atom is 0.307 e. The molecule has 25 heavy (non-hydrogen) atoms. The minimum Gasteiger partial charge on any atom is -0.459 e. The van der Waals surface area contributed by atoms with Gasteiger partial charge in [-0.15, -0.1) is 0 Å². The van der Waals surface area contributed by atoms with Crippen LogP contribution in [0.2, 0.25) is 0 Å². The molecule has 134 valence electrons. The Bertz CT molecular complexity index is 850. The van der Waals surface area contributed by atoms with E-state index in [4.69, 9.17) is 4.74 Å². The number of rotatable bonds is 5. The third-order valence-electron chi connectivity index (χ3n) is 3.54. The zero-order chi connectivity index (χ0) is 18.6. The summed E-state index contributed by atoms with van der Waals surface area (Å²) in [5.41, 5.74) is 1.12. The summed E-state index contributed by atoms with van der Waals surface area (Å²) in [6, 6.07) is 4.95. The maximum absolute atomic E-state index is 12.1. The number of hydrogen-bond acceptors (Lipinski definition) is 5. The van der Waals surface area contributed by atoms with Crippen molar-refractivity contribution in [1.82, 2.24) is 14.7 Å². The van der Waals surface area contributed by atoms with Crippen LogP contribution < -0.4 is 10.9 Å². The molecule has 0 aliphatic carbocycles. The first kappa shape index (κ1) is 18.6. The molecule has 0 atom stereocenters. The molecule has 0 unspecified atom stereocenters. The first-order chi connectivity index (χ1) is 11.7. The molecule has 0 fully saturated rings. The first-order valence-electron chi connectivity index (χ1n) is 8.10. The van der Waals surface area contributed by atoms with Gasteiger partial charge in [0.15, 0.2) is 0 Å². The van der Waals surface area contributed by atoms with E-state index in [1.165, 1.54) is 10.5 Å². The van der Waals surface area contributed by atoms with Gasteiger partial charge in [-0.2, -0.15) is 0 Å². The lowest BCUT2D eigenvalue weighted by Gasteiger charge is -2.17. The summed E-state index contributed by atoms with van der Waals surface area (Å²) in [5, 5.41) is 2.68. The van der Waals surface area contributed by atoms with E-state index in [2.05, 4.69) is 10.3 Å². The summed E-state index contributed by atoms with van der Waals surface area (Å²) in [7, 11) is 0. The first-order valence-corrected chi connectivity index (χ1v) is 8.10. The molecule has 7 heteroatoms. The van der Waals surface area contributed by atoms with Gasteiger partial charge in [-0.25, -0.2) is 4.98 Å². The zero-order valence-corrected chi connectivity index (χ0v) is 15.0. The number of aryl methyl sites for hydroxylation is 1. The minimum absolute atomic E-state index is 0.0631. The van der Waals surface area contributed by atoms with Gasteiger partial charge in [0.25, 0.3) is 5.56 Å². The number of nitrogens with zero attached hydrogens (tertiary/aromatic N) is 2. The largest absolute Gasteiger partial charge is 0.459 e. The highest BCUT2D eigenvalue weighted by Crippen LogP contribution is 2.12. The van der Waals surface area contributed by atoms with Crippen LogP contribution in [0, 0.1) is 12.3 Å². The lowest BCUT2D eigenvalue weighted by atomic mass is 9.96. The van der Waals surface area contributed by atoms with Crippen molar-refractivity contribution >= 4 is 17.5 Å². The highest BCUT2D eigenvalue weighted by molar-refractivity contribution is 5.81. The van der Waals surface area contributed by atoms with E-state index in [0.29, 0.717) is 11.3 Å². The molecule has 1 amide bonds. The average molecular weight is 345 g/mol. The van der Waals surface area contributed by atoms with Gasteiger partial charge in [0, 0.05) is 24.2 Å². The quantitative estimate of drug-likeness (QED) is 0.831. The van der Waals surface area contributed by atoms with Crippen LogP contribution in [0.5, 0.6) is 0 Å². The number of fused-ring (bicyclic) bond motifs is 1. The minimum atomic E-state index is -0.501. The van der Waals surface area contributed by atoms with Crippen LogP contribution in [-0.4, -0.2) is 27.8 Å². The topological polar surface area (TPSA) is 89.8 Å². The van der Waals surface area contributed by atoms with Crippen LogP contribution in [0.1, 0.15) is 38.4 Å². The van der Waals surface area contributed by atoms with Gasteiger partial charge in [0.05, 0.1) is 12.1 Å². The molecule has 0 bridgehead atoms. The van der Waals surface area contributed by atoms with E-state index in [0.717, 1.165) is 5.56 Å². The Labute approximate surface area is 146 Å². The van der Waals surface area contributed by atoms with Crippen molar-refractivity contribution in [2.45, 2.75) is 40.7 Å². The van der Waals surface area contributed by atoms with Gasteiger partial charge < -0.3 is 10.1 Å². The molecule has 0 saturated heterocycles. The smallest absolute Gasteiger partial charge is 0.307 e. The Morgan fingerprint density at radius 2 is 2.00 bits per heavy atom. The van der Waals surface area contributed by atoms with Gasteiger partial charge in [-0.05, 0) is 18.6 Å². The Kier molecular flexibility index (Phi) is 5.56. The predicted octanol–water partition coefficient (Wildman–Crippen LogP) is 1.60. The molecule has 0 aliphatic heterocycles.